The normalized spacial score (nSPS) is 12.2. The van der Waals surface area contributed by atoms with Gasteiger partial charge in [-0.2, -0.15) is 0 Å². The van der Waals surface area contributed by atoms with Gasteiger partial charge in [0.05, 0.1) is 5.69 Å². The van der Waals surface area contributed by atoms with Crippen LogP contribution in [0.4, 0.5) is 11.4 Å². The Morgan fingerprint density at radius 3 is 2.63 bits per heavy atom. The predicted octanol–water partition coefficient (Wildman–Crippen LogP) is 4.02. The van der Waals surface area contributed by atoms with Crippen LogP contribution in [0.3, 0.4) is 0 Å². The molecule has 0 radical (unpaired) electrons. The molecule has 96 valence electrons. The van der Waals surface area contributed by atoms with Gasteiger partial charge in [-0.15, -0.1) is 0 Å². The Morgan fingerprint density at radius 1 is 1.05 bits per heavy atom. The number of rotatable bonds is 1. The average molecular weight is 253 g/mol. The van der Waals surface area contributed by atoms with Gasteiger partial charge in [0, 0.05) is 0 Å². The predicted molar refractivity (Wildman–Crippen MR) is 76.6 cm³/mol. The number of nitrogens with one attached hydrogen (secondary N) is 1. The van der Waals surface area contributed by atoms with Crippen molar-refractivity contribution in [1.29, 1.82) is 0 Å². The topological polar surface area (TPSA) is 38.3 Å². The van der Waals surface area contributed by atoms with Gasteiger partial charge < -0.3 is 10.1 Å². The molecule has 0 amide bonds. The third-order valence-electron chi connectivity index (χ3n) is 3.25. The minimum absolute atomic E-state index is 0.0589. The van der Waals surface area contributed by atoms with Crippen LogP contribution < -0.4 is 15.5 Å². The molecule has 0 unspecified atom stereocenters. The highest BCUT2D eigenvalue weighted by atomic mass is 16.5. The van der Waals surface area contributed by atoms with Gasteiger partial charge in [-0.3, -0.25) is 4.79 Å². The summed E-state index contributed by atoms with van der Waals surface area (Å²) in [5.74, 6) is 1.68. The van der Waals surface area contributed by atoms with Crippen molar-refractivity contribution < 1.29 is 4.74 Å². The number of para-hydroxylation sites is 2. The number of fused-ring (bicyclic) bond motifs is 2. The van der Waals surface area contributed by atoms with Gasteiger partial charge in [-0.1, -0.05) is 32.0 Å². The fraction of sp³-hybridized carbons (Fsp3) is 0.188. The van der Waals surface area contributed by atoms with Gasteiger partial charge in [-0.05, 0) is 35.7 Å². The van der Waals surface area contributed by atoms with E-state index in [4.69, 9.17) is 4.74 Å². The van der Waals surface area contributed by atoms with Crippen LogP contribution in [0.25, 0.3) is 0 Å². The number of hydrogen-bond donors (Lipinski definition) is 1. The van der Waals surface area contributed by atoms with E-state index in [1.807, 2.05) is 36.4 Å². The van der Waals surface area contributed by atoms with Gasteiger partial charge in [0.15, 0.2) is 11.5 Å². The lowest BCUT2D eigenvalue weighted by atomic mass is 10.1. The van der Waals surface area contributed by atoms with Gasteiger partial charge in [0.2, 0.25) is 5.43 Å². The standard InChI is InChI=1S/C16H15NO2/c1-10(2)11-7-8-13(18)16-15(9-11)19-14-6-4-3-5-12(14)17-16/h3-10,17H,1-2H3. The number of ether oxygens (including phenoxy) is 1. The van der Waals surface area contributed by atoms with Crippen LogP contribution in [-0.2, 0) is 0 Å². The van der Waals surface area contributed by atoms with E-state index in [0.717, 1.165) is 17.0 Å². The second-order valence-electron chi connectivity index (χ2n) is 4.96. The quantitative estimate of drug-likeness (QED) is 0.711. The molecule has 1 heterocycles. The maximum Gasteiger partial charge on any atom is 0.205 e. The molecule has 1 N–H and O–H groups in total. The summed E-state index contributed by atoms with van der Waals surface area (Å²) in [5.41, 5.74) is 2.35. The van der Waals surface area contributed by atoms with E-state index in [9.17, 15) is 4.79 Å². The molecule has 0 atom stereocenters. The van der Waals surface area contributed by atoms with Gasteiger partial charge in [0.1, 0.15) is 5.69 Å². The van der Waals surface area contributed by atoms with Crippen molar-refractivity contribution in [2.45, 2.75) is 19.8 Å². The Morgan fingerprint density at radius 2 is 1.84 bits per heavy atom. The molecule has 1 aliphatic heterocycles. The first-order valence-corrected chi connectivity index (χ1v) is 6.37. The molecule has 0 spiro atoms. The molecule has 0 saturated heterocycles. The third kappa shape index (κ3) is 2.08. The third-order valence-corrected chi connectivity index (χ3v) is 3.25. The molecule has 1 aliphatic rings. The van der Waals surface area contributed by atoms with Crippen molar-refractivity contribution in [3.05, 3.63) is 58.3 Å². The first-order chi connectivity index (χ1) is 9.15. The van der Waals surface area contributed by atoms with Crippen LogP contribution in [0.2, 0.25) is 0 Å². The minimum Gasteiger partial charge on any atom is -0.453 e. The van der Waals surface area contributed by atoms with E-state index in [0.29, 0.717) is 17.4 Å². The molecular formula is C16H15NO2. The van der Waals surface area contributed by atoms with Crippen LogP contribution in [-0.4, -0.2) is 0 Å². The number of anilines is 2. The van der Waals surface area contributed by atoms with Crippen LogP contribution in [0.5, 0.6) is 11.5 Å². The molecule has 3 rings (SSSR count). The lowest BCUT2D eigenvalue weighted by molar-refractivity contribution is 0.480. The fourth-order valence-electron chi connectivity index (χ4n) is 2.12. The first kappa shape index (κ1) is 11.8. The summed E-state index contributed by atoms with van der Waals surface area (Å²) >= 11 is 0. The SMILES string of the molecule is CC(C)c1ccc(=O)c2c(c1)Oc1ccccc1N2. The second-order valence-corrected chi connectivity index (χ2v) is 4.96. The number of benzene rings is 1. The highest BCUT2D eigenvalue weighted by Crippen LogP contribution is 2.40. The van der Waals surface area contributed by atoms with Gasteiger partial charge >= 0.3 is 0 Å². The molecule has 0 aromatic heterocycles. The van der Waals surface area contributed by atoms with E-state index >= 15 is 0 Å². The summed E-state index contributed by atoms with van der Waals surface area (Å²) in [7, 11) is 0. The Kier molecular flexibility index (Phi) is 2.75. The molecule has 3 heteroatoms. The van der Waals surface area contributed by atoms with Crippen LogP contribution >= 0.6 is 0 Å². The fourth-order valence-corrected chi connectivity index (χ4v) is 2.12. The first-order valence-electron chi connectivity index (χ1n) is 6.37. The molecule has 3 nitrogen and oxygen atoms in total. The lowest BCUT2D eigenvalue weighted by Gasteiger charge is -2.19. The zero-order chi connectivity index (χ0) is 13.4. The maximum atomic E-state index is 12.1. The van der Waals surface area contributed by atoms with Crippen molar-refractivity contribution >= 4 is 11.4 Å². The van der Waals surface area contributed by atoms with E-state index < -0.39 is 0 Å². The molecule has 0 bridgehead atoms. The zero-order valence-corrected chi connectivity index (χ0v) is 10.9. The highest BCUT2D eigenvalue weighted by molar-refractivity contribution is 5.75. The zero-order valence-electron chi connectivity index (χ0n) is 10.9. The summed E-state index contributed by atoms with van der Waals surface area (Å²) in [4.78, 5) is 12.1. The van der Waals surface area contributed by atoms with Crippen molar-refractivity contribution in [1.82, 2.24) is 0 Å². The summed E-state index contributed by atoms with van der Waals surface area (Å²) in [6, 6.07) is 13.0. The molecule has 0 fully saturated rings. The Balaban J connectivity index is 2.19. The minimum atomic E-state index is -0.0589. The molecule has 0 aliphatic carbocycles. The average Bonchev–Trinajstić information content (AvgIpc) is 2.56. The van der Waals surface area contributed by atoms with Gasteiger partial charge in [-0.25, -0.2) is 0 Å². The lowest BCUT2D eigenvalue weighted by Crippen LogP contribution is -2.10. The molecule has 2 aromatic carbocycles. The van der Waals surface area contributed by atoms with Crippen LogP contribution in [0.15, 0.2) is 47.3 Å². The summed E-state index contributed by atoms with van der Waals surface area (Å²) in [5, 5.41) is 3.16. The Bertz CT molecular complexity index is 692. The van der Waals surface area contributed by atoms with E-state index in [1.54, 1.807) is 6.07 Å². The Labute approximate surface area is 111 Å². The maximum absolute atomic E-state index is 12.1. The summed E-state index contributed by atoms with van der Waals surface area (Å²) < 4.78 is 5.85. The molecule has 0 saturated carbocycles. The van der Waals surface area contributed by atoms with E-state index in [2.05, 4.69) is 19.2 Å². The summed E-state index contributed by atoms with van der Waals surface area (Å²) in [6.07, 6.45) is 0. The summed E-state index contributed by atoms with van der Waals surface area (Å²) in [6.45, 7) is 4.19. The monoisotopic (exact) mass is 253 g/mol. The number of hydrogen-bond acceptors (Lipinski definition) is 3. The van der Waals surface area contributed by atoms with Crippen molar-refractivity contribution in [2.24, 2.45) is 0 Å². The smallest absolute Gasteiger partial charge is 0.205 e. The molecule has 19 heavy (non-hydrogen) atoms. The molecular weight excluding hydrogens is 238 g/mol. The van der Waals surface area contributed by atoms with Gasteiger partial charge in [0.25, 0.3) is 0 Å². The second kappa shape index (κ2) is 4.43. The highest BCUT2D eigenvalue weighted by Gasteiger charge is 2.18. The van der Waals surface area contributed by atoms with Crippen molar-refractivity contribution in [2.75, 3.05) is 5.32 Å². The largest absolute Gasteiger partial charge is 0.453 e. The van der Waals surface area contributed by atoms with Crippen LogP contribution in [0, 0.1) is 0 Å². The Hall–Kier alpha value is -2.29. The molecule has 2 aromatic rings. The van der Waals surface area contributed by atoms with E-state index in [-0.39, 0.29) is 5.43 Å². The van der Waals surface area contributed by atoms with Crippen molar-refractivity contribution in [3.8, 4) is 11.5 Å². The van der Waals surface area contributed by atoms with E-state index in [1.165, 1.54) is 0 Å². The van der Waals surface area contributed by atoms with Crippen molar-refractivity contribution in [3.63, 3.8) is 0 Å². The van der Waals surface area contributed by atoms with Crippen LogP contribution in [0.1, 0.15) is 25.3 Å².